The topological polar surface area (TPSA) is 60.7 Å². The molecule has 0 amide bonds. The largest absolute Gasteiger partial charge is 0.507 e. The van der Waals surface area contributed by atoms with Crippen LogP contribution in [0.1, 0.15) is 5.56 Å². The van der Waals surface area contributed by atoms with E-state index >= 15 is 0 Å². The Kier molecular flexibility index (Phi) is 2.02. The molecule has 0 bridgehead atoms. The van der Waals surface area contributed by atoms with Crippen LogP contribution < -0.4 is 0 Å². The maximum Gasteiger partial charge on any atom is 0.129 e. The predicted molar refractivity (Wildman–Crippen MR) is 53.2 cm³/mol. The van der Waals surface area contributed by atoms with Crippen molar-refractivity contribution in [3.63, 3.8) is 0 Å². The van der Waals surface area contributed by atoms with Crippen molar-refractivity contribution in [1.29, 1.82) is 0 Å². The maximum absolute atomic E-state index is 9.70. The number of hydrogen-bond donors (Lipinski definition) is 3. The molecule has 0 aliphatic heterocycles. The first-order chi connectivity index (χ1) is 6.74. The van der Waals surface area contributed by atoms with Crippen LogP contribution in [-0.4, -0.2) is 15.3 Å². The van der Waals surface area contributed by atoms with Gasteiger partial charge in [-0.3, -0.25) is 0 Å². The molecular weight excluding hydrogens is 180 g/mol. The first kappa shape index (κ1) is 8.84. The summed E-state index contributed by atoms with van der Waals surface area (Å²) in [7, 11) is 0. The van der Waals surface area contributed by atoms with Gasteiger partial charge in [-0.25, -0.2) is 0 Å². The van der Waals surface area contributed by atoms with E-state index in [-0.39, 0.29) is 18.1 Å². The van der Waals surface area contributed by atoms with Gasteiger partial charge in [-0.05, 0) is 6.07 Å². The van der Waals surface area contributed by atoms with Gasteiger partial charge in [0.1, 0.15) is 11.5 Å². The lowest BCUT2D eigenvalue weighted by molar-refractivity contribution is 0.276. The molecular formula is C11H10O3. The van der Waals surface area contributed by atoms with Crippen LogP contribution in [0, 0.1) is 0 Å². The molecule has 0 aliphatic carbocycles. The first-order valence-electron chi connectivity index (χ1n) is 4.27. The molecule has 0 spiro atoms. The van der Waals surface area contributed by atoms with E-state index in [0.29, 0.717) is 16.3 Å². The molecule has 2 aromatic rings. The molecule has 14 heavy (non-hydrogen) atoms. The van der Waals surface area contributed by atoms with E-state index < -0.39 is 0 Å². The number of aliphatic hydroxyl groups is 1. The molecule has 2 rings (SSSR count). The number of phenolic OH excluding ortho intramolecular Hbond substituents is 1. The van der Waals surface area contributed by atoms with E-state index in [1.807, 2.05) is 0 Å². The maximum atomic E-state index is 9.70. The SMILES string of the molecule is OCc1ccc2c(O)cccc2c1O. The molecule has 0 atom stereocenters. The summed E-state index contributed by atoms with van der Waals surface area (Å²) in [6.45, 7) is -0.211. The highest BCUT2D eigenvalue weighted by Gasteiger charge is 2.07. The van der Waals surface area contributed by atoms with E-state index in [9.17, 15) is 10.2 Å². The molecule has 0 radical (unpaired) electrons. The third-order valence-corrected chi connectivity index (χ3v) is 2.26. The summed E-state index contributed by atoms with van der Waals surface area (Å²) in [4.78, 5) is 0. The highest BCUT2D eigenvalue weighted by Crippen LogP contribution is 2.33. The molecule has 0 aromatic heterocycles. The van der Waals surface area contributed by atoms with Crippen molar-refractivity contribution in [1.82, 2.24) is 0 Å². The molecule has 0 aliphatic rings. The quantitative estimate of drug-likeness (QED) is 0.642. The van der Waals surface area contributed by atoms with Crippen LogP contribution in [0.2, 0.25) is 0 Å². The van der Waals surface area contributed by atoms with E-state index in [1.54, 1.807) is 30.3 Å². The fraction of sp³-hybridized carbons (Fsp3) is 0.0909. The number of hydrogen-bond acceptors (Lipinski definition) is 3. The summed E-state index contributed by atoms with van der Waals surface area (Å²) in [6.07, 6.45) is 0. The van der Waals surface area contributed by atoms with Gasteiger partial charge in [0.05, 0.1) is 6.61 Å². The van der Waals surface area contributed by atoms with E-state index in [1.165, 1.54) is 0 Å². The second-order valence-electron chi connectivity index (χ2n) is 3.10. The van der Waals surface area contributed by atoms with Gasteiger partial charge in [-0.15, -0.1) is 0 Å². The highest BCUT2D eigenvalue weighted by molar-refractivity contribution is 5.93. The fourth-order valence-corrected chi connectivity index (χ4v) is 1.50. The molecule has 0 saturated heterocycles. The number of rotatable bonds is 1. The Bertz CT molecular complexity index is 477. The van der Waals surface area contributed by atoms with Gasteiger partial charge < -0.3 is 15.3 Å². The molecule has 2 aromatic carbocycles. The Labute approximate surface area is 80.9 Å². The third kappa shape index (κ3) is 1.18. The van der Waals surface area contributed by atoms with Gasteiger partial charge in [0.25, 0.3) is 0 Å². The number of benzene rings is 2. The van der Waals surface area contributed by atoms with Crippen molar-refractivity contribution in [2.24, 2.45) is 0 Å². The van der Waals surface area contributed by atoms with E-state index in [2.05, 4.69) is 0 Å². The minimum Gasteiger partial charge on any atom is -0.507 e. The summed E-state index contributed by atoms with van der Waals surface area (Å²) in [6, 6.07) is 8.18. The molecule has 0 saturated carbocycles. The van der Waals surface area contributed by atoms with Crippen LogP contribution >= 0.6 is 0 Å². The third-order valence-electron chi connectivity index (χ3n) is 2.26. The Hall–Kier alpha value is -1.74. The lowest BCUT2D eigenvalue weighted by atomic mass is 10.1. The summed E-state index contributed by atoms with van der Waals surface area (Å²) < 4.78 is 0. The molecule has 3 nitrogen and oxygen atoms in total. The fourth-order valence-electron chi connectivity index (χ4n) is 1.50. The van der Waals surface area contributed by atoms with Gasteiger partial charge in [0, 0.05) is 16.3 Å². The smallest absolute Gasteiger partial charge is 0.129 e. The lowest BCUT2D eigenvalue weighted by Crippen LogP contribution is -1.85. The average Bonchev–Trinajstić information content (AvgIpc) is 2.20. The molecule has 3 heteroatoms. The van der Waals surface area contributed by atoms with Crippen LogP contribution in [-0.2, 0) is 6.61 Å². The Morgan fingerprint density at radius 3 is 2.43 bits per heavy atom. The zero-order chi connectivity index (χ0) is 10.1. The van der Waals surface area contributed by atoms with Gasteiger partial charge in [-0.2, -0.15) is 0 Å². The number of phenols is 2. The zero-order valence-corrected chi connectivity index (χ0v) is 7.44. The molecule has 0 unspecified atom stereocenters. The minimum absolute atomic E-state index is 0.0286. The van der Waals surface area contributed by atoms with Gasteiger partial charge >= 0.3 is 0 Å². The zero-order valence-electron chi connectivity index (χ0n) is 7.44. The number of aromatic hydroxyl groups is 2. The number of fused-ring (bicyclic) bond motifs is 1. The Morgan fingerprint density at radius 1 is 0.929 bits per heavy atom. The summed E-state index contributed by atoms with van der Waals surface area (Å²) >= 11 is 0. The average molecular weight is 190 g/mol. The number of aliphatic hydroxyl groups excluding tert-OH is 1. The van der Waals surface area contributed by atoms with Crippen LogP contribution in [0.4, 0.5) is 0 Å². The standard InChI is InChI=1S/C11H10O3/c12-6-7-4-5-8-9(11(7)14)2-1-3-10(8)13/h1-5,12-14H,6H2. The summed E-state index contributed by atoms with van der Waals surface area (Å²) in [5.74, 6) is 0.156. The van der Waals surface area contributed by atoms with Gasteiger partial charge in [0.2, 0.25) is 0 Å². The normalized spacial score (nSPS) is 10.6. The van der Waals surface area contributed by atoms with Crippen molar-refractivity contribution >= 4 is 10.8 Å². The van der Waals surface area contributed by atoms with Crippen LogP contribution in [0.25, 0.3) is 10.8 Å². The van der Waals surface area contributed by atoms with Crippen molar-refractivity contribution in [3.8, 4) is 11.5 Å². The Morgan fingerprint density at radius 2 is 1.71 bits per heavy atom. The van der Waals surface area contributed by atoms with E-state index in [0.717, 1.165) is 0 Å². The second-order valence-corrected chi connectivity index (χ2v) is 3.10. The highest BCUT2D eigenvalue weighted by atomic mass is 16.3. The van der Waals surface area contributed by atoms with Crippen LogP contribution in [0.5, 0.6) is 11.5 Å². The monoisotopic (exact) mass is 190 g/mol. The van der Waals surface area contributed by atoms with Crippen molar-refractivity contribution in [2.45, 2.75) is 6.61 Å². The minimum atomic E-state index is -0.211. The molecule has 3 N–H and O–H groups in total. The van der Waals surface area contributed by atoms with Crippen molar-refractivity contribution in [3.05, 3.63) is 35.9 Å². The van der Waals surface area contributed by atoms with Crippen molar-refractivity contribution in [2.75, 3.05) is 0 Å². The first-order valence-corrected chi connectivity index (χ1v) is 4.27. The van der Waals surface area contributed by atoms with Gasteiger partial charge in [0.15, 0.2) is 0 Å². The predicted octanol–water partition coefficient (Wildman–Crippen LogP) is 1.74. The van der Waals surface area contributed by atoms with Crippen molar-refractivity contribution < 1.29 is 15.3 Å². The second kappa shape index (κ2) is 3.20. The van der Waals surface area contributed by atoms with Crippen LogP contribution in [0.3, 0.4) is 0 Å². The Balaban J connectivity index is 2.84. The lowest BCUT2D eigenvalue weighted by Gasteiger charge is -2.06. The van der Waals surface area contributed by atoms with E-state index in [4.69, 9.17) is 5.11 Å². The van der Waals surface area contributed by atoms with Crippen LogP contribution in [0.15, 0.2) is 30.3 Å². The molecule has 0 fully saturated rings. The molecule has 72 valence electrons. The molecule has 0 heterocycles. The van der Waals surface area contributed by atoms with Gasteiger partial charge in [-0.1, -0.05) is 24.3 Å². The summed E-state index contributed by atoms with van der Waals surface area (Å²) in [5, 5.41) is 29.3. The summed E-state index contributed by atoms with van der Waals surface area (Å²) in [5.41, 5.74) is 0.461.